The third-order valence-electron chi connectivity index (χ3n) is 8.07. The van der Waals surface area contributed by atoms with Crippen molar-refractivity contribution in [2.45, 2.75) is 116 Å². The van der Waals surface area contributed by atoms with Gasteiger partial charge in [-0.3, -0.25) is 48.1 Å². The summed E-state index contributed by atoms with van der Waals surface area (Å²) < 4.78 is 61.4. The monoisotopic (exact) mass is 854 g/mol. The fraction of sp³-hybridized carbons (Fsp3) is 0.556. The van der Waals surface area contributed by atoms with Gasteiger partial charge >= 0.3 is 47.8 Å². The highest BCUT2D eigenvalue weighted by molar-refractivity contribution is 8.14. The predicted octanol–water partition coefficient (Wildman–Crippen LogP) is 0.718. The van der Waals surface area contributed by atoms with Gasteiger partial charge in [-0.1, -0.05) is 11.8 Å². The molecule has 4 heterocycles. The van der Waals surface area contributed by atoms with Crippen LogP contribution in [0.3, 0.4) is 0 Å². The molecule has 22 nitrogen and oxygen atoms in total. The SMILES string of the molecule is CC(=O)OC[C@H]1O[C@@H](N2C(=O)/C(=C/c3ccco3)N=C2S[C@@H]2O[C@H](COC(C)=O)[C@@H](OC(C)=O)[C@H](OC(C)=O)[C@H]2OC(C)=O)[C@H](OC(C)=O)[C@@H](OC(C)=O)[C@@H]1OC(C)=O. The first kappa shape index (κ1) is 45.9. The number of furan rings is 1. The lowest BCUT2D eigenvalue weighted by atomic mass is 9.96. The predicted molar refractivity (Wildman–Crippen MR) is 192 cm³/mol. The Bertz CT molecular complexity index is 1860. The summed E-state index contributed by atoms with van der Waals surface area (Å²) in [5.74, 6) is -7.85. The summed E-state index contributed by atoms with van der Waals surface area (Å²) in [6.07, 6.45) is -12.0. The molecule has 322 valence electrons. The van der Waals surface area contributed by atoms with E-state index in [1.54, 1.807) is 0 Å². The van der Waals surface area contributed by atoms with E-state index in [9.17, 15) is 43.2 Å². The van der Waals surface area contributed by atoms with Gasteiger partial charge in [-0.2, -0.15) is 0 Å². The minimum Gasteiger partial charge on any atom is -0.465 e. The van der Waals surface area contributed by atoms with E-state index in [2.05, 4.69) is 4.99 Å². The van der Waals surface area contributed by atoms with E-state index in [1.165, 1.54) is 24.5 Å². The van der Waals surface area contributed by atoms with E-state index in [0.29, 0.717) is 11.8 Å². The molecule has 4 rings (SSSR count). The molecule has 2 fully saturated rings. The van der Waals surface area contributed by atoms with Crippen molar-refractivity contribution in [3.63, 3.8) is 0 Å². The van der Waals surface area contributed by atoms with Crippen LogP contribution >= 0.6 is 11.8 Å². The number of hydrogen-bond acceptors (Lipinski definition) is 22. The number of esters is 8. The number of carbonyl (C=O) groups is 9. The second-order valence-electron chi connectivity index (χ2n) is 12.9. The molecule has 3 aliphatic rings. The molecule has 0 N–H and O–H groups in total. The second-order valence-corrected chi connectivity index (χ2v) is 14.0. The van der Waals surface area contributed by atoms with Crippen LogP contribution in [-0.4, -0.2) is 137 Å². The Morgan fingerprint density at radius 3 is 1.53 bits per heavy atom. The molecule has 10 atom stereocenters. The van der Waals surface area contributed by atoms with Crippen molar-refractivity contribution in [2.24, 2.45) is 4.99 Å². The zero-order chi connectivity index (χ0) is 43.7. The van der Waals surface area contributed by atoms with Crippen LogP contribution < -0.4 is 0 Å². The van der Waals surface area contributed by atoms with Crippen molar-refractivity contribution in [2.75, 3.05) is 13.2 Å². The minimum atomic E-state index is -1.83. The Balaban J connectivity index is 1.92. The van der Waals surface area contributed by atoms with E-state index in [-0.39, 0.29) is 16.6 Å². The van der Waals surface area contributed by atoms with Gasteiger partial charge in [0.1, 0.15) is 36.9 Å². The minimum absolute atomic E-state index is 0.150. The Hall–Kier alpha value is -5.81. The molecule has 0 spiro atoms. The summed E-state index contributed by atoms with van der Waals surface area (Å²) in [7, 11) is 0. The van der Waals surface area contributed by atoms with Crippen LogP contribution in [0.2, 0.25) is 0 Å². The smallest absolute Gasteiger partial charge is 0.303 e. The fourth-order valence-corrected chi connectivity index (χ4v) is 7.33. The van der Waals surface area contributed by atoms with Crippen molar-refractivity contribution >= 4 is 76.7 Å². The Morgan fingerprint density at radius 2 is 1.07 bits per heavy atom. The van der Waals surface area contributed by atoms with E-state index in [1.807, 2.05) is 0 Å². The Kier molecular flexibility index (Phi) is 15.7. The van der Waals surface area contributed by atoms with E-state index >= 15 is 0 Å². The summed E-state index contributed by atoms with van der Waals surface area (Å²) >= 11 is 0.570. The average molecular weight is 855 g/mol. The third kappa shape index (κ3) is 12.3. The first-order valence-corrected chi connectivity index (χ1v) is 18.6. The standard InChI is InChI=1S/C36H42N2O20S/c1-15(39)49-13-25-27(51-17(3)41)29(53-19(5)43)31(55-21(7)45)34(57-25)38-33(47)24(12-23-10-9-11-48-23)37-36(38)59-35-32(56-22(8)46)30(54-20(6)44)28(52-18(4)42)26(58-35)14-50-16(2)40/h9-12,25-32,34-35H,13-14H2,1-8H3/b24-12-/t25-,26-,27-,28-,29+,30+,31-,32-,34-,35+/m1/s1. The number of rotatable bonds is 13. The largest absolute Gasteiger partial charge is 0.465 e. The molecule has 1 aromatic heterocycles. The first-order valence-electron chi connectivity index (χ1n) is 17.7. The van der Waals surface area contributed by atoms with Crippen molar-refractivity contribution in [1.82, 2.24) is 4.90 Å². The van der Waals surface area contributed by atoms with Gasteiger partial charge in [0, 0.05) is 61.5 Å². The number of aliphatic imine (C=N–C) groups is 1. The van der Waals surface area contributed by atoms with Gasteiger partial charge in [0.05, 0.1) is 6.26 Å². The molecule has 0 radical (unpaired) electrons. The number of nitrogens with zero attached hydrogens (tertiary/aromatic N) is 2. The summed E-state index contributed by atoms with van der Waals surface area (Å²) in [6, 6.07) is 3.03. The van der Waals surface area contributed by atoms with E-state index < -0.39 is 127 Å². The lowest BCUT2D eigenvalue weighted by Crippen LogP contribution is -2.67. The fourth-order valence-electron chi connectivity index (χ4n) is 6.13. The molecule has 23 heteroatoms. The maximum absolute atomic E-state index is 14.5. The summed E-state index contributed by atoms with van der Waals surface area (Å²) in [5, 5.41) is -0.338. The quantitative estimate of drug-likeness (QED) is 0.150. The maximum Gasteiger partial charge on any atom is 0.303 e. The molecule has 0 bridgehead atoms. The highest BCUT2D eigenvalue weighted by atomic mass is 32.2. The summed E-state index contributed by atoms with van der Waals surface area (Å²) in [5.41, 5.74) is -1.86. The van der Waals surface area contributed by atoms with Crippen LogP contribution in [0.1, 0.15) is 61.2 Å². The molecule has 1 aromatic rings. The molecule has 59 heavy (non-hydrogen) atoms. The van der Waals surface area contributed by atoms with Gasteiger partial charge in [0.15, 0.2) is 53.5 Å². The van der Waals surface area contributed by atoms with Gasteiger partial charge in [-0.15, -0.1) is 0 Å². The van der Waals surface area contributed by atoms with E-state index in [0.717, 1.165) is 60.3 Å². The second kappa shape index (κ2) is 20.2. The highest BCUT2D eigenvalue weighted by Gasteiger charge is 2.58. The maximum atomic E-state index is 14.5. The zero-order valence-electron chi connectivity index (χ0n) is 33.0. The van der Waals surface area contributed by atoms with Gasteiger partial charge in [-0.25, -0.2) is 4.99 Å². The molecular weight excluding hydrogens is 812 g/mol. The number of amidine groups is 1. The van der Waals surface area contributed by atoms with Gasteiger partial charge in [0.25, 0.3) is 5.91 Å². The zero-order valence-corrected chi connectivity index (χ0v) is 33.8. The topological polar surface area (TPSA) is 275 Å². The molecule has 0 unspecified atom stereocenters. The van der Waals surface area contributed by atoms with Gasteiger partial charge in [0.2, 0.25) is 0 Å². The number of hydrogen-bond donors (Lipinski definition) is 0. The van der Waals surface area contributed by atoms with Crippen molar-refractivity contribution in [1.29, 1.82) is 0 Å². The molecule has 0 aromatic carbocycles. The summed E-state index contributed by atoms with van der Waals surface area (Å²) in [4.78, 5) is 119. The van der Waals surface area contributed by atoms with Gasteiger partial charge in [-0.05, 0) is 12.1 Å². The third-order valence-corrected chi connectivity index (χ3v) is 9.18. The number of amides is 1. The Labute approximate surface area is 340 Å². The van der Waals surface area contributed by atoms with Crippen LogP contribution in [0.25, 0.3) is 6.08 Å². The molecule has 1 amide bonds. The number of ether oxygens (including phenoxy) is 10. The highest BCUT2D eigenvalue weighted by Crippen LogP contribution is 2.40. The van der Waals surface area contributed by atoms with Crippen molar-refractivity contribution < 1.29 is 94.9 Å². The number of thioether (sulfide) groups is 1. The average Bonchev–Trinajstić information content (AvgIpc) is 3.73. The normalized spacial score (nSPS) is 28.4. The lowest BCUT2D eigenvalue weighted by Gasteiger charge is -2.47. The summed E-state index contributed by atoms with van der Waals surface area (Å²) in [6.45, 7) is 7.13. The van der Waals surface area contributed by atoms with Crippen molar-refractivity contribution in [3.05, 3.63) is 29.9 Å². The van der Waals surface area contributed by atoms with E-state index in [4.69, 9.17) is 51.8 Å². The van der Waals surface area contributed by atoms with Gasteiger partial charge < -0.3 is 51.8 Å². The van der Waals surface area contributed by atoms with Crippen LogP contribution in [0.15, 0.2) is 33.5 Å². The molecule has 3 aliphatic heterocycles. The first-order chi connectivity index (χ1) is 27.7. The van der Waals surface area contributed by atoms with Crippen LogP contribution in [0.5, 0.6) is 0 Å². The van der Waals surface area contributed by atoms with Crippen LogP contribution in [-0.2, 0) is 90.5 Å². The molecule has 0 aliphatic carbocycles. The molecular formula is C36H42N2O20S. The number of carbonyl (C=O) groups excluding carboxylic acids is 9. The van der Waals surface area contributed by atoms with Crippen LogP contribution in [0.4, 0.5) is 0 Å². The molecule has 2 saturated heterocycles. The van der Waals surface area contributed by atoms with Crippen LogP contribution in [0, 0.1) is 0 Å². The van der Waals surface area contributed by atoms with Crippen molar-refractivity contribution in [3.8, 4) is 0 Å². The molecule has 0 saturated carbocycles. The lowest BCUT2D eigenvalue weighted by molar-refractivity contribution is -0.268. The Morgan fingerprint density at radius 1 is 0.627 bits per heavy atom.